The molecule has 0 aliphatic carbocycles. The highest BCUT2D eigenvalue weighted by molar-refractivity contribution is 7.92. The SMILES string of the molecule is CC(C)c1ccc(S(=O)(=O)C(C)C(N)=O)cc1. The van der Waals surface area contributed by atoms with Gasteiger partial charge in [-0.15, -0.1) is 0 Å². The van der Waals surface area contributed by atoms with Gasteiger partial charge in [0.15, 0.2) is 9.84 Å². The van der Waals surface area contributed by atoms with Crippen LogP contribution in [0.2, 0.25) is 0 Å². The molecule has 94 valence electrons. The summed E-state index contributed by atoms with van der Waals surface area (Å²) in [6, 6.07) is 6.55. The zero-order valence-electron chi connectivity index (χ0n) is 10.2. The summed E-state index contributed by atoms with van der Waals surface area (Å²) in [4.78, 5) is 11.1. The Bertz CT molecular complexity index is 503. The van der Waals surface area contributed by atoms with Crippen LogP contribution in [-0.2, 0) is 14.6 Å². The Morgan fingerprint density at radius 2 is 1.59 bits per heavy atom. The van der Waals surface area contributed by atoms with E-state index in [0.29, 0.717) is 5.92 Å². The number of amides is 1. The zero-order valence-corrected chi connectivity index (χ0v) is 11.0. The normalized spacial score (nSPS) is 13.6. The van der Waals surface area contributed by atoms with E-state index >= 15 is 0 Å². The maximum Gasteiger partial charge on any atom is 0.235 e. The maximum absolute atomic E-state index is 12.0. The summed E-state index contributed by atoms with van der Waals surface area (Å²) in [5, 5.41) is -1.20. The number of carbonyl (C=O) groups is 1. The summed E-state index contributed by atoms with van der Waals surface area (Å²) in [5.74, 6) is -0.502. The average Bonchev–Trinajstić information content (AvgIpc) is 2.27. The maximum atomic E-state index is 12.0. The topological polar surface area (TPSA) is 77.2 Å². The molecule has 1 aromatic carbocycles. The second kappa shape index (κ2) is 4.87. The molecule has 1 atom stereocenters. The molecule has 1 aromatic rings. The van der Waals surface area contributed by atoms with Gasteiger partial charge >= 0.3 is 0 Å². The molecule has 0 aromatic heterocycles. The quantitative estimate of drug-likeness (QED) is 0.884. The molecule has 1 rings (SSSR count). The van der Waals surface area contributed by atoms with Gasteiger partial charge in [0.05, 0.1) is 4.90 Å². The number of hydrogen-bond donors (Lipinski definition) is 1. The van der Waals surface area contributed by atoms with Crippen LogP contribution in [0.1, 0.15) is 32.3 Å². The van der Waals surface area contributed by atoms with Crippen LogP contribution in [0.5, 0.6) is 0 Å². The lowest BCUT2D eigenvalue weighted by Gasteiger charge is -2.11. The van der Waals surface area contributed by atoms with Crippen molar-refractivity contribution in [2.45, 2.75) is 36.8 Å². The van der Waals surface area contributed by atoms with Crippen LogP contribution in [0, 0.1) is 0 Å². The average molecular weight is 255 g/mol. The smallest absolute Gasteiger partial charge is 0.235 e. The summed E-state index contributed by atoms with van der Waals surface area (Å²) in [5.41, 5.74) is 6.07. The van der Waals surface area contributed by atoms with Gasteiger partial charge in [0, 0.05) is 0 Å². The number of benzene rings is 1. The van der Waals surface area contributed by atoms with E-state index in [1.165, 1.54) is 19.1 Å². The first kappa shape index (κ1) is 13.7. The van der Waals surface area contributed by atoms with E-state index in [0.717, 1.165) is 5.56 Å². The fourth-order valence-electron chi connectivity index (χ4n) is 1.40. The number of rotatable bonds is 4. The molecule has 17 heavy (non-hydrogen) atoms. The largest absolute Gasteiger partial charge is 0.369 e. The van der Waals surface area contributed by atoms with Gasteiger partial charge in [-0.1, -0.05) is 26.0 Å². The van der Waals surface area contributed by atoms with Crippen molar-refractivity contribution < 1.29 is 13.2 Å². The highest BCUT2D eigenvalue weighted by Crippen LogP contribution is 2.20. The van der Waals surface area contributed by atoms with Crippen LogP contribution < -0.4 is 5.73 Å². The molecule has 5 heteroatoms. The predicted molar refractivity (Wildman–Crippen MR) is 66.4 cm³/mol. The fourth-order valence-corrected chi connectivity index (χ4v) is 2.63. The minimum atomic E-state index is -3.66. The van der Waals surface area contributed by atoms with E-state index in [4.69, 9.17) is 5.73 Å². The minimum Gasteiger partial charge on any atom is -0.369 e. The second-order valence-corrected chi connectivity index (χ2v) is 6.58. The number of hydrogen-bond acceptors (Lipinski definition) is 3. The highest BCUT2D eigenvalue weighted by Gasteiger charge is 2.27. The Kier molecular flexibility index (Phi) is 3.93. The van der Waals surface area contributed by atoms with Crippen molar-refractivity contribution in [3.63, 3.8) is 0 Å². The summed E-state index contributed by atoms with van der Waals surface area (Å²) in [6.07, 6.45) is 0. The molecule has 0 saturated heterocycles. The first-order valence-electron chi connectivity index (χ1n) is 5.40. The molecule has 0 aliphatic heterocycles. The molecule has 4 nitrogen and oxygen atoms in total. The molecular weight excluding hydrogens is 238 g/mol. The van der Waals surface area contributed by atoms with Crippen LogP contribution in [0.15, 0.2) is 29.2 Å². The Morgan fingerprint density at radius 3 is 1.94 bits per heavy atom. The Hall–Kier alpha value is -1.36. The molecule has 0 spiro atoms. The lowest BCUT2D eigenvalue weighted by molar-refractivity contribution is -0.117. The van der Waals surface area contributed by atoms with E-state index in [2.05, 4.69) is 0 Å². The molecule has 0 radical (unpaired) electrons. The van der Waals surface area contributed by atoms with E-state index < -0.39 is 21.0 Å². The molecule has 0 fully saturated rings. The van der Waals surface area contributed by atoms with Gasteiger partial charge in [0.1, 0.15) is 5.25 Å². The Labute approximate surface area is 102 Å². The van der Waals surface area contributed by atoms with Crippen LogP contribution >= 0.6 is 0 Å². The fraction of sp³-hybridized carbons (Fsp3) is 0.417. The third kappa shape index (κ3) is 2.85. The number of primary amides is 1. The molecule has 1 unspecified atom stereocenters. The molecule has 0 aliphatic rings. The standard InChI is InChI=1S/C12H17NO3S/c1-8(2)10-4-6-11(7-5-10)17(15,16)9(3)12(13)14/h4-9H,1-3H3,(H2,13,14). The highest BCUT2D eigenvalue weighted by atomic mass is 32.2. The molecule has 0 bridgehead atoms. The van der Waals surface area contributed by atoms with Crippen LogP contribution in [0.25, 0.3) is 0 Å². The van der Waals surface area contributed by atoms with Gasteiger partial charge in [-0.2, -0.15) is 0 Å². The molecular formula is C12H17NO3S. The first-order chi connectivity index (χ1) is 7.76. The zero-order chi connectivity index (χ0) is 13.2. The lowest BCUT2D eigenvalue weighted by atomic mass is 10.0. The van der Waals surface area contributed by atoms with Gasteiger partial charge in [-0.05, 0) is 30.5 Å². The van der Waals surface area contributed by atoms with Crippen molar-refractivity contribution in [2.24, 2.45) is 5.73 Å². The van der Waals surface area contributed by atoms with Gasteiger partial charge in [-0.25, -0.2) is 8.42 Å². The predicted octanol–water partition coefficient (Wildman–Crippen LogP) is 1.46. The second-order valence-electron chi connectivity index (χ2n) is 4.31. The molecule has 1 amide bonds. The monoisotopic (exact) mass is 255 g/mol. The number of nitrogens with two attached hydrogens (primary N) is 1. The van der Waals surface area contributed by atoms with Gasteiger partial charge in [-0.3, -0.25) is 4.79 Å². The Balaban J connectivity index is 3.13. The van der Waals surface area contributed by atoms with Crippen molar-refractivity contribution >= 4 is 15.7 Å². The van der Waals surface area contributed by atoms with E-state index in [1.807, 2.05) is 13.8 Å². The van der Waals surface area contributed by atoms with Crippen LogP contribution in [0.4, 0.5) is 0 Å². The van der Waals surface area contributed by atoms with Crippen molar-refractivity contribution in [1.82, 2.24) is 0 Å². The molecule has 0 heterocycles. The third-order valence-electron chi connectivity index (χ3n) is 2.74. The lowest BCUT2D eigenvalue weighted by Crippen LogP contribution is -2.33. The first-order valence-corrected chi connectivity index (χ1v) is 6.94. The Morgan fingerprint density at radius 1 is 1.12 bits per heavy atom. The number of sulfone groups is 1. The molecule has 0 saturated carbocycles. The van der Waals surface area contributed by atoms with Gasteiger partial charge in [0.25, 0.3) is 0 Å². The molecule has 2 N–H and O–H groups in total. The van der Waals surface area contributed by atoms with Crippen LogP contribution in [0.3, 0.4) is 0 Å². The van der Waals surface area contributed by atoms with Crippen molar-refractivity contribution in [1.29, 1.82) is 0 Å². The third-order valence-corrected chi connectivity index (χ3v) is 4.83. The van der Waals surface area contributed by atoms with Crippen molar-refractivity contribution in [3.8, 4) is 0 Å². The summed E-state index contributed by atoms with van der Waals surface area (Å²) in [6.45, 7) is 5.35. The summed E-state index contributed by atoms with van der Waals surface area (Å²) < 4.78 is 23.9. The van der Waals surface area contributed by atoms with Crippen molar-refractivity contribution in [3.05, 3.63) is 29.8 Å². The van der Waals surface area contributed by atoms with Gasteiger partial charge < -0.3 is 5.73 Å². The van der Waals surface area contributed by atoms with E-state index in [9.17, 15) is 13.2 Å². The van der Waals surface area contributed by atoms with Crippen molar-refractivity contribution in [2.75, 3.05) is 0 Å². The van der Waals surface area contributed by atoms with E-state index in [1.54, 1.807) is 12.1 Å². The number of carbonyl (C=O) groups excluding carboxylic acids is 1. The van der Waals surface area contributed by atoms with E-state index in [-0.39, 0.29) is 4.90 Å². The van der Waals surface area contributed by atoms with Crippen LogP contribution in [-0.4, -0.2) is 19.6 Å². The summed E-state index contributed by atoms with van der Waals surface area (Å²) in [7, 11) is -3.66. The summed E-state index contributed by atoms with van der Waals surface area (Å²) >= 11 is 0. The minimum absolute atomic E-state index is 0.133. The van der Waals surface area contributed by atoms with Gasteiger partial charge in [0.2, 0.25) is 5.91 Å².